The SMILES string of the molecule is [2H]C([2H])([2H])SC(CC(=O)O)c1ccccc1. The number of carbonyl (C=O) groups is 1. The van der Waals surface area contributed by atoms with Gasteiger partial charge >= 0.3 is 5.97 Å². The molecule has 70 valence electrons. The molecule has 0 bridgehead atoms. The molecule has 3 heteroatoms. The molecule has 0 saturated heterocycles. The van der Waals surface area contributed by atoms with Gasteiger partial charge in [0, 0.05) is 9.36 Å². The van der Waals surface area contributed by atoms with E-state index in [1.807, 2.05) is 0 Å². The van der Waals surface area contributed by atoms with Crippen LogP contribution in [-0.4, -0.2) is 17.3 Å². The normalized spacial score (nSPS) is 16.8. The second-order valence-corrected chi connectivity index (χ2v) is 3.42. The Morgan fingerprint density at radius 1 is 1.62 bits per heavy atom. The summed E-state index contributed by atoms with van der Waals surface area (Å²) in [5.41, 5.74) is 0.728. The fraction of sp³-hybridized carbons (Fsp3) is 0.300. The second-order valence-electron chi connectivity index (χ2n) is 2.62. The van der Waals surface area contributed by atoms with Crippen molar-refractivity contribution in [2.24, 2.45) is 0 Å². The first-order valence-electron chi connectivity index (χ1n) is 5.33. The molecule has 1 atom stereocenters. The third-order valence-corrected chi connectivity index (χ3v) is 2.40. The maximum Gasteiger partial charge on any atom is 0.304 e. The molecule has 0 aliphatic carbocycles. The van der Waals surface area contributed by atoms with Crippen molar-refractivity contribution in [3.8, 4) is 0 Å². The lowest BCUT2D eigenvalue weighted by Gasteiger charge is -2.11. The zero-order valence-corrected chi connectivity index (χ0v) is 7.75. The van der Waals surface area contributed by atoms with Gasteiger partial charge in [-0.05, 0) is 11.7 Å². The Morgan fingerprint density at radius 3 is 2.85 bits per heavy atom. The molecule has 0 aliphatic rings. The summed E-state index contributed by atoms with van der Waals surface area (Å²) in [6, 6.07) is 8.83. The third kappa shape index (κ3) is 3.11. The van der Waals surface area contributed by atoms with Crippen molar-refractivity contribution < 1.29 is 14.0 Å². The van der Waals surface area contributed by atoms with Gasteiger partial charge in [-0.1, -0.05) is 30.3 Å². The lowest BCUT2D eigenvalue weighted by Crippen LogP contribution is -2.02. The molecule has 1 aromatic carbocycles. The van der Waals surface area contributed by atoms with Gasteiger partial charge in [-0.25, -0.2) is 0 Å². The van der Waals surface area contributed by atoms with E-state index in [0.717, 1.165) is 5.56 Å². The summed E-state index contributed by atoms with van der Waals surface area (Å²) >= 11 is 0.702. The minimum atomic E-state index is -2.18. The number of hydrogen-bond donors (Lipinski definition) is 1. The Kier molecular flexibility index (Phi) is 2.46. The molecule has 0 heterocycles. The highest BCUT2D eigenvalue weighted by Crippen LogP contribution is 2.29. The van der Waals surface area contributed by atoms with E-state index in [2.05, 4.69) is 0 Å². The molecule has 0 saturated carbocycles. The Bertz CT molecular complexity index is 351. The Hall–Kier alpha value is -0.960. The lowest BCUT2D eigenvalue weighted by atomic mass is 10.1. The Morgan fingerprint density at radius 2 is 2.31 bits per heavy atom. The van der Waals surface area contributed by atoms with Crippen LogP contribution in [0, 0.1) is 0 Å². The van der Waals surface area contributed by atoms with E-state index in [1.165, 1.54) is 0 Å². The summed E-state index contributed by atoms with van der Waals surface area (Å²) in [4.78, 5) is 10.7. The van der Waals surface area contributed by atoms with E-state index in [-0.39, 0.29) is 6.42 Å². The predicted molar refractivity (Wildman–Crippen MR) is 55.0 cm³/mol. The van der Waals surface area contributed by atoms with E-state index in [0.29, 0.717) is 11.8 Å². The number of benzene rings is 1. The first-order valence-corrected chi connectivity index (χ1v) is 4.71. The van der Waals surface area contributed by atoms with E-state index < -0.39 is 17.4 Å². The fourth-order valence-electron chi connectivity index (χ4n) is 1.05. The number of rotatable bonds is 4. The molecule has 1 unspecified atom stereocenters. The van der Waals surface area contributed by atoms with Gasteiger partial charge in [0.2, 0.25) is 0 Å². The van der Waals surface area contributed by atoms with E-state index in [1.54, 1.807) is 30.3 Å². The van der Waals surface area contributed by atoms with Gasteiger partial charge in [0.15, 0.2) is 0 Å². The van der Waals surface area contributed by atoms with Crippen LogP contribution in [0.2, 0.25) is 0 Å². The van der Waals surface area contributed by atoms with Gasteiger partial charge in [-0.3, -0.25) is 4.79 Å². The maximum absolute atomic E-state index is 10.7. The first kappa shape index (κ1) is 6.49. The van der Waals surface area contributed by atoms with Crippen molar-refractivity contribution in [2.45, 2.75) is 11.7 Å². The molecule has 2 nitrogen and oxygen atoms in total. The molecule has 1 rings (SSSR count). The summed E-state index contributed by atoms with van der Waals surface area (Å²) in [6.07, 6.45) is -2.37. The second kappa shape index (κ2) is 4.92. The molecular formula is C10H12O2S. The first-order chi connectivity index (χ1) is 7.38. The quantitative estimate of drug-likeness (QED) is 0.809. The number of aliphatic carboxylic acids is 1. The van der Waals surface area contributed by atoms with Gasteiger partial charge in [0.1, 0.15) is 0 Å². The van der Waals surface area contributed by atoms with Crippen LogP contribution in [0.4, 0.5) is 0 Å². The van der Waals surface area contributed by atoms with E-state index in [9.17, 15) is 4.79 Å². The number of hydrogen-bond acceptors (Lipinski definition) is 2. The van der Waals surface area contributed by atoms with Crippen LogP contribution in [0.15, 0.2) is 30.3 Å². The number of thioether (sulfide) groups is 1. The van der Waals surface area contributed by atoms with Gasteiger partial charge in [0.05, 0.1) is 6.42 Å². The van der Waals surface area contributed by atoms with E-state index in [4.69, 9.17) is 9.22 Å². The predicted octanol–water partition coefficient (Wildman–Crippen LogP) is 2.57. The standard InChI is InChI=1S/C10H12O2S/c1-13-9(7-10(11)12)8-5-3-2-4-6-8/h2-6,9H,7H2,1H3,(H,11,12)/i1D3. The van der Waals surface area contributed by atoms with Gasteiger partial charge < -0.3 is 5.11 Å². The summed E-state index contributed by atoms with van der Waals surface area (Å²) in [5, 5.41) is 8.21. The van der Waals surface area contributed by atoms with E-state index >= 15 is 0 Å². The van der Waals surface area contributed by atoms with Crippen LogP contribution in [0.25, 0.3) is 0 Å². The van der Waals surface area contributed by atoms with Crippen LogP contribution in [-0.2, 0) is 4.79 Å². The minimum Gasteiger partial charge on any atom is -0.481 e. The van der Waals surface area contributed by atoms with Crippen molar-refractivity contribution in [2.75, 3.05) is 6.18 Å². The molecule has 1 aromatic rings. The average Bonchev–Trinajstić information content (AvgIpc) is 2.15. The molecule has 0 fully saturated rings. The van der Waals surface area contributed by atoms with Crippen LogP contribution >= 0.6 is 11.8 Å². The van der Waals surface area contributed by atoms with Crippen molar-refractivity contribution in [1.29, 1.82) is 0 Å². The average molecular weight is 199 g/mol. The smallest absolute Gasteiger partial charge is 0.304 e. The van der Waals surface area contributed by atoms with Crippen LogP contribution in [0.3, 0.4) is 0 Å². The van der Waals surface area contributed by atoms with Gasteiger partial charge in [-0.2, -0.15) is 11.8 Å². The molecule has 0 radical (unpaired) electrons. The molecule has 0 aliphatic heterocycles. The summed E-state index contributed by atoms with van der Waals surface area (Å²) in [5.74, 6) is -0.995. The van der Waals surface area contributed by atoms with Crippen LogP contribution in [0.5, 0.6) is 0 Å². The number of carboxylic acids is 1. The third-order valence-electron chi connectivity index (χ3n) is 1.67. The highest BCUT2D eigenvalue weighted by atomic mass is 32.2. The Balaban J connectivity index is 2.84. The monoisotopic (exact) mass is 199 g/mol. The van der Waals surface area contributed by atoms with Crippen molar-refractivity contribution >= 4 is 17.7 Å². The van der Waals surface area contributed by atoms with Gasteiger partial charge in [-0.15, -0.1) is 0 Å². The van der Waals surface area contributed by atoms with Crippen molar-refractivity contribution in [3.05, 3.63) is 35.9 Å². The molecule has 0 amide bonds. The zero-order chi connectivity index (χ0) is 12.2. The molecule has 0 aromatic heterocycles. The topological polar surface area (TPSA) is 37.3 Å². The van der Waals surface area contributed by atoms with Crippen LogP contribution in [0.1, 0.15) is 21.3 Å². The summed E-state index contributed by atoms with van der Waals surface area (Å²) < 4.78 is 21.5. The highest BCUT2D eigenvalue weighted by Gasteiger charge is 2.13. The van der Waals surface area contributed by atoms with Crippen LogP contribution < -0.4 is 0 Å². The van der Waals surface area contributed by atoms with Gasteiger partial charge in [0.25, 0.3) is 0 Å². The maximum atomic E-state index is 10.7. The molecule has 13 heavy (non-hydrogen) atoms. The lowest BCUT2D eigenvalue weighted by molar-refractivity contribution is -0.137. The highest BCUT2D eigenvalue weighted by molar-refractivity contribution is 7.98. The minimum absolute atomic E-state index is 0.187. The number of carboxylic acid groups (broad SMARTS) is 1. The fourth-order valence-corrected chi connectivity index (χ4v) is 1.57. The Labute approximate surface area is 86.2 Å². The zero-order valence-electron chi connectivity index (χ0n) is 9.93. The largest absolute Gasteiger partial charge is 0.481 e. The molecule has 0 spiro atoms. The molecular weight excluding hydrogens is 184 g/mol. The van der Waals surface area contributed by atoms with Crippen molar-refractivity contribution in [3.63, 3.8) is 0 Å². The summed E-state index contributed by atoms with van der Waals surface area (Å²) in [6.45, 7) is 0. The molecule has 1 N–H and O–H groups in total. The summed E-state index contributed by atoms with van der Waals surface area (Å²) in [7, 11) is 0. The van der Waals surface area contributed by atoms with Crippen molar-refractivity contribution in [1.82, 2.24) is 0 Å².